The summed E-state index contributed by atoms with van der Waals surface area (Å²) in [5.74, 6) is -1.37. The van der Waals surface area contributed by atoms with Crippen LogP contribution in [0.1, 0.15) is 35.2 Å². The minimum Gasteiger partial charge on any atom is -0.481 e. The van der Waals surface area contributed by atoms with Gasteiger partial charge in [-0.3, -0.25) is 9.59 Å². The number of hydrogen-bond acceptors (Lipinski definition) is 2. The highest BCUT2D eigenvalue weighted by Gasteiger charge is 2.30. The summed E-state index contributed by atoms with van der Waals surface area (Å²) in [5, 5.41) is 12.2. The first kappa shape index (κ1) is 13.9. The first-order chi connectivity index (χ1) is 8.99. The van der Waals surface area contributed by atoms with Crippen molar-refractivity contribution in [3.63, 3.8) is 0 Å². The van der Waals surface area contributed by atoms with E-state index >= 15 is 0 Å². The second-order valence-corrected chi connectivity index (χ2v) is 5.33. The molecule has 2 rings (SSSR count). The van der Waals surface area contributed by atoms with Crippen LogP contribution in [-0.4, -0.2) is 23.0 Å². The molecule has 1 aromatic rings. The number of carboxylic acid groups (broad SMARTS) is 1. The standard InChI is InChI=1S/C14H16ClNO3/c1-8-3-2-4-11(12(8)15)13(17)16-10-6-5-9(7-10)14(18)19/h2-4,9-10H,5-7H2,1H3,(H,16,17)(H,18,19)/t9-,10+/m0/s1. The van der Waals surface area contributed by atoms with Crippen LogP contribution in [0, 0.1) is 12.8 Å². The van der Waals surface area contributed by atoms with Gasteiger partial charge in [-0.05, 0) is 37.8 Å². The van der Waals surface area contributed by atoms with Crippen LogP contribution >= 0.6 is 11.6 Å². The summed E-state index contributed by atoms with van der Waals surface area (Å²) in [6.45, 7) is 1.84. The molecule has 1 aromatic carbocycles. The largest absolute Gasteiger partial charge is 0.481 e. The van der Waals surface area contributed by atoms with Gasteiger partial charge in [-0.15, -0.1) is 0 Å². The second kappa shape index (κ2) is 5.61. The number of benzene rings is 1. The number of rotatable bonds is 3. The number of nitrogens with one attached hydrogen (secondary N) is 1. The number of halogens is 1. The molecular weight excluding hydrogens is 266 g/mol. The molecule has 1 fully saturated rings. The molecule has 102 valence electrons. The molecule has 19 heavy (non-hydrogen) atoms. The molecule has 4 nitrogen and oxygen atoms in total. The van der Waals surface area contributed by atoms with E-state index < -0.39 is 5.97 Å². The summed E-state index contributed by atoms with van der Waals surface area (Å²) in [4.78, 5) is 23.0. The quantitative estimate of drug-likeness (QED) is 0.895. The second-order valence-electron chi connectivity index (χ2n) is 4.96. The topological polar surface area (TPSA) is 66.4 Å². The van der Waals surface area contributed by atoms with E-state index in [4.69, 9.17) is 16.7 Å². The smallest absolute Gasteiger partial charge is 0.306 e. The highest BCUT2D eigenvalue weighted by atomic mass is 35.5. The van der Waals surface area contributed by atoms with Gasteiger partial charge in [0.2, 0.25) is 0 Å². The molecule has 2 atom stereocenters. The number of amides is 1. The Morgan fingerprint density at radius 3 is 2.74 bits per heavy atom. The molecule has 1 saturated carbocycles. The molecule has 0 unspecified atom stereocenters. The van der Waals surface area contributed by atoms with Crippen LogP contribution < -0.4 is 5.32 Å². The summed E-state index contributed by atoms with van der Waals surface area (Å²) >= 11 is 6.10. The summed E-state index contributed by atoms with van der Waals surface area (Å²) < 4.78 is 0. The lowest BCUT2D eigenvalue weighted by molar-refractivity contribution is -0.141. The van der Waals surface area contributed by atoms with Gasteiger partial charge in [-0.25, -0.2) is 0 Å². The molecule has 1 amide bonds. The number of carbonyl (C=O) groups is 2. The van der Waals surface area contributed by atoms with Crippen molar-refractivity contribution in [1.82, 2.24) is 5.32 Å². The zero-order valence-electron chi connectivity index (χ0n) is 10.6. The van der Waals surface area contributed by atoms with Crippen LogP contribution in [0.25, 0.3) is 0 Å². The maximum atomic E-state index is 12.1. The molecule has 0 saturated heterocycles. The molecule has 0 aromatic heterocycles. The Morgan fingerprint density at radius 2 is 2.11 bits per heavy atom. The van der Waals surface area contributed by atoms with Gasteiger partial charge < -0.3 is 10.4 Å². The fraction of sp³-hybridized carbons (Fsp3) is 0.429. The molecule has 1 aliphatic rings. The minimum absolute atomic E-state index is 0.0785. The Labute approximate surface area is 116 Å². The van der Waals surface area contributed by atoms with E-state index in [1.54, 1.807) is 12.1 Å². The van der Waals surface area contributed by atoms with E-state index in [-0.39, 0.29) is 17.9 Å². The predicted molar refractivity (Wildman–Crippen MR) is 72.4 cm³/mol. The van der Waals surface area contributed by atoms with Crippen molar-refractivity contribution in [2.45, 2.75) is 32.2 Å². The Morgan fingerprint density at radius 1 is 1.37 bits per heavy atom. The average Bonchev–Trinajstić information content (AvgIpc) is 2.81. The highest BCUT2D eigenvalue weighted by molar-refractivity contribution is 6.34. The van der Waals surface area contributed by atoms with Crippen molar-refractivity contribution in [3.8, 4) is 0 Å². The third-order valence-corrected chi connectivity index (χ3v) is 4.06. The van der Waals surface area contributed by atoms with E-state index in [9.17, 15) is 9.59 Å². The van der Waals surface area contributed by atoms with Gasteiger partial charge in [0.15, 0.2) is 0 Å². The van der Waals surface area contributed by atoms with Gasteiger partial charge >= 0.3 is 5.97 Å². The number of carbonyl (C=O) groups excluding carboxylic acids is 1. The SMILES string of the molecule is Cc1cccc(C(=O)N[C@@H]2CC[C@H](C(=O)O)C2)c1Cl. The number of aliphatic carboxylic acids is 1. The van der Waals surface area contributed by atoms with Crippen molar-refractivity contribution in [2.24, 2.45) is 5.92 Å². The molecule has 5 heteroatoms. The zero-order chi connectivity index (χ0) is 14.0. The van der Waals surface area contributed by atoms with Gasteiger partial charge in [0.25, 0.3) is 5.91 Å². The zero-order valence-corrected chi connectivity index (χ0v) is 11.4. The lowest BCUT2D eigenvalue weighted by Gasteiger charge is -2.13. The molecule has 1 aliphatic carbocycles. The summed E-state index contributed by atoms with van der Waals surface area (Å²) in [6.07, 6.45) is 1.80. The molecule has 0 radical (unpaired) electrons. The van der Waals surface area contributed by atoms with Crippen molar-refractivity contribution < 1.29 is 14.7 Å². The third kappa shape index (κ3) is 3.07. The first-order valence-electron chi connectivity index (χ1n) is 6.28. The van der Waals surface area contributed by atoms with Gasteiger partial charge in [0.1, 0.15) is 0 Å². The first-order valence-corrected chi connectivity index (χ1v) is 6.65. The molecule has 0 aliphatic heterocycles. The summed E-state index contributed by atoms with van der Waals surface area (Å²) in [6, 6.07) is 5.22. The van der Waals surface area contributed by atoms with E-state index in [2.05, 4.69) is 5.32 Å². The minimum atomic E-state index is -0.787. The van der Waals surface area contributed by atoms with Crippen molar-refractivity contribution in [3.05, 3.63) is 34.3 Å². The Balaban J connectivity index is 2.02. The van der Waals surface area contributed by atoms with Crippen LogP contribution in [-0.2, 0) is 4.79 Å². The lowest BCUT2D eigenvalue weighted by atomic mass is 10.1. The van der Waals surface area contributed by atoms with Crippen LogP contribution in [0.4, 0.5) is 0 Å². The van der Waals surface area contributed by atoms with Gasteiger partial charge in [0.05, 0.1) is 16.5 Å². The summed E-state index contributed by atoms with van der Waals surface area (Å²) in [7, 11) is 0. The van der Waals surface area contributed by atoms with E-state index in [0.29, 0.717) is 29.8 Å². The van der Waals surface area contributed by atoms with Gasteiger partial charge in [-0.1, -0.05) is 23.7 Å². The predicted octanol–water partition coefficient (Wildman–Crippen LogP) is 2.63. The number of aryl methyl sites for hydroxylation is 1. The van der Waals surface area contributed by atoms with Crippen molar-refractivity contribution in [2.75, 3.05) is 0 Å². The monoisotopic (exact) mass is 281 g/mol. The van der Waals surface area contributed by atoms with Crippen LogP contribution in [0.15, 0.2) is 18.2 Å². The molecular formula is C14H16ClNO3. The molecule has 2 N–H and O–H groups in total. The third-order valence-electron chi connectivity index (χ3n) is 3.55. The van der Waals surface area contributed by atoms with Crippen molar-refractivity contribution >= 4 is 23.5 Å². The summed E-state index contributed by atoms with van der Waals surface area (Å²) in [5.41, 5.74) is 1.30. The van der Waals surface area contributed by atoms with E-state index in [1.807, 2.05) is 13.0 Å². The normalized spacial score (nSPS) is 22.2. The maximum Gasteiger partial charge on any atom is 0.306 e. The van der Waals surface area contributed by atoms with E-state index in [1.165, 1.54) is 0 Å². The fourth-order valence-electron chi connectivity index (χ4n) is 2.42. The molecule has 0 bridgehead atoms. The van der Waals surface area contributed by atoms with Crippen LogP contribution in [0.5, 0.6) is 0 Å². The fourth-order valence-corrected chi connectivity index (χ4v) is 2.63. The average molecular weight is 282 g/mol. The molecule has 0 spiro atoms. The van der Waals surface area contributed by atoms with Crippen LogP contribution in [0.3, 0.4) is 0 Å². The highest BCUT2D eigenvalue weighted by Crippen LogP contribution is 2.27. The molecule has 0 heterocycles. The Kier molecular flexibility index (Phi) is 4.10. The number of hydrogen-bond donors (Lipinski definition) is 2. The number of carboxylic acids is 1. The van der Waals surface area contributed by atoms with E-state index in [0.717, 1.165) is 5.56 Å². The maximum absolute atomic E-state index is 12.1. The van der Waals surface area contributed by atoms with Gasteiger partial charge in [0, 0.05) is 6.04 Å². The lowest BCUT2D eigenvalue weighted by Crippen LogP contribution is -2.33. The van der Waals surface area contributed by atoms with Crippen LogP contribution in [0.2, 0.25) is 5.02 Å². The Hall–Kier alpha value is -1.55. The van der Waals surface area contributed by atoms with Gasteiger partial charge in [-0.2, -0.15) is 0 Å². The Bertz CT molecular complexity index is 515. The van der Waals surface area contributed by atoms with Crippen molar-refractivity contribution in [1.29, 1.82) is 0 Å².